The molecule has 0 spiro atoms. The average Bonchev–Trinajstić information content (AvgIpc) is 1.63. The van der Waals surface area contributed by atoms with Crippen molar-refractivity contribution < 1.29 is 55.8 Å². The Bertz CT molecular complexity index is 8340. The van der Waals surface area contributed by atoms with Crippen LogP contribution >= 0.6 is 0 Å². The van der Waals surface area contributed by atoms with Crippen molar-refractivity contribution in [1.82, 2.24) is 55.5 Å². The van der Waals surface area contributed by atoms with Gasteiger partial charge in [-0.05, 0) is 213 Å². The highest BCUT2D eigenvalue weighted by molar-refractivity contribution is 6.05. The number of benzene rings is 15. The van der Waals surface area contributed by atoms with Crippen LogP contribution in [0.1, 0.15) is 118 Å². The lowest BCUT2D eigenvalue weighted by Crippen LogP contribution is -2.42. The van der Waals surface area contributed by atoms with E-state index in [9.17, 15) is 45.9 Å². The molecule has 1 aliphatic rings. The number of halogens is 5. The van der Waals surface area contributed by atoms with Crippen LogP contribution in [0.25, 0.3) is 169 Å². The minimum atomic E-state index is -1.29. The van der Waals surface area contributed by atoms with E-state index in [4.69, 9.17) is 21.3 Å². The van der Waals surface area contributed by atoms with E-state index in [1.807, 2.05) is 164 Å². The van der Waals surface area contributed by atoms with E-state index < -0.39 is 64.6 Å². The van der Waals surface area contributed by atoms with Crippen LogP contribution in [0.3, 0.4) is 0 Å². The Morgan fingerprint density at radius 3 is 1.12 bits per heavy atom. The number of ether oxygens (including phenoxy) is 1. The fourth-order valence-electron chi connectivity index (χ4n) is 15.7. The monoisotopic (exact) mass is 1840 g/mol. The van der Waals surface area contributed by atoms with Crippen LogP contribution in [0.15, 0.2) is 273 Å². The van der Waals surface area contributed by atoms with Crippen LogP contribution < -0.4 is 27.4 Å². The van der Waals surface area contributed by atoms with Crippen molar-refractivity contribution in [1.29, 1.82) is 0 Å². The highest BCUT2D eigenvalue weighted by atomic mass is 19.1. The molecule has 5 aromatic heterocycles. The molecule has 1 saturated carbocycles. The van der Waals surface area contributed by atoms with Gasteiger partial charge in [-0.1, -0.05) is 212 Å². The van der Waals surface area contributed by atoms with Crippen LogP contribution in [0.2, 0.25) is 0 Å². The first-order valence-electron chi connectivity index (χ1n) is 44.1. The number of aromatic amines is 3. The zero-order valence-electron chi connectivity index (χ0n) is 75.4. The third-order valence-corrected chi connectivity index (χ3v) is 23.1. The van der Waals surface area contributed by atoms with E-state index in [-0.39, 0.29) is 40.0 Å². The van der Waals surface area contributed by atoms with Gasteiger partial charge in [0, 0.05) is 77.3 Å². The van der Waals surface area contributed by atoms with Crippen molar-refractivity contribution >= 4 is 216 Å². The van der Waals surface area contributed by atoms with Gasteiger partial charge >= 0.3 is 12.1 Å². The van der Waals surface area contributed by atoms with Gasteiger partial charge in [0.1, 0.15) is 40.7 Å². The molecule has 1 aliphatic carbocycles. The quantitative estimate of drug-likeness (QED) is 0.0303. The zero-order valence-corrected chi connectivity index (χ0v) is 75.4. The Balaban J connectivity index is 0.000000120. The van der Waals surface area contributed by atoms with Crippen molar-refractivity contribution in [2.45, 2.75) is 52.2 Å². The molecule has 15 aromatic carbocycles. The van der Waals surface area contributed by atoms with Gasteiger partial charge in [-0.2, -0.15) is 25.5 Å². The number of nitrogens with two attached hydrogens (primary N) is 2. The Kier molecular flexibility index (Phi) is 26.7. The molecule has 20 aromatic rings. The second-order valence-corrected chi connectivity index (χ2v) is 34.2. The Labute approximate surface area is 786 Å². The predicted octanol–water partition coefficient (Wildman–Crippen LogP) is 24.7. The number of aromatic nitrogens is 10. The smallest absolute Gasteiger partial charge is 0.412 e. The fraction of sp³-hybridized carbons (Fsp3) is 0.0991. The first-order valence-corrected chi connectivity index (χ1v) is 44.1. The van der Waals surface area contributed by atoms with Crippen LogP contribution in [-0.2, 0) is 28.4 Å². The molecule has 0 saturated heterocycles. The number of aromatic carboxylic acids is 1. The lowest BCUT2D eigenvalue weighted by Gasteiger charge is -2.19. The average molecular weight is 1840 g/mol. The number of amides is 4. The second-order valence-electron chi connectivity index (χ2n) is 34.2. The number of primary amides is 1. The number of carboxylic acids is 1. The Hall–Kier alpha value is -17.8. The molecule has 0 radical (unpaired) electrons. The first-order chi connectivity index (χ1) is 66.5. The number of nitrogens with one attached hydrogen (secondary N) is 6. The zero-order chi connectivity index (χ0) is 96.6. The van der Waals surface area contributed by atoms with Crippen molar-refractivity contribution in [3.8, 4) is 0 Å². The maximum absolute atomic E-state index is 14.6. The summed E-state index contributed by atoms with van der Waals surface area (Å²) in [5.41, 5.74) is 21.3. The van der Waals surface area contributed by atoms with Crippen molar-refractivity contribution in [2.24, 2.45) is 25.7 Å². The summed E-state index contributed by atoms with van der Waals surface area (Å²) in [6, 6.07) is 84.9. The lowest BCUT2D eigenvalue weighted by molar-refractivity contribution is -0.119. The van der Waals surface area contributed by atoms with Gasteiger partial charge in [-0.15, -0.1) is 0 Å². The van der Waals surface area contributed by atoms with Crippen LogP contribution in [0.4, 0.5) is 43.8 Å². The molecule has 0 unspecified atom stereocenters. The predicted molar refractivity (Wildman–Crippen MR) is 543 cm³/mol. The molecule has 1 fully saturated rings. The van der Waals surface area contributed by atoms with E-state index in [2.05, 4.69) is 160 Å². The highest BCUT2D eigenvalue weighted by Crippen LogP contribution is 2.36. The maximum Gasteiger partial charge on any atom is 0.412 e. The molecule has 4 amide bonds. The minimum absolute atomic E-state index is 0.0201. The topological polar surface area (TPSA) is 325 Å². The van der Waals surface area contributed by atoms with E-state index >= 15 is 0 Å². The number of rotatable bonds is 17. The molecular formula is C111H90F5N15O7. The number of anilines is 3. The molecule has 0 aliphatic heterocycles. The van der Waals surface area contributed by atoms with Crippen molar-refractivity contribution in [3.63, 3.8) is 0 Å². The van der Waals surface area contributed by atoms with Gasteiger partial charge in [-0.3, -0.25) is 44.4 Å². The van der Waals surface area contributed by atoms with Crippen molar-refractivity contribution in [2.75, 3.05) is 16.4 Å². The van der Waals surface area contributed by atoms with E-state index in [0.717, 1.165) is 89.4 Å². The standard InChI is InChI=1S/C25H24FN3O2.C23H19FN4O2.C23H18FN3O.C21H15FN2O2.C19H14FN3/c1-25(2,3)31-24(30)27-22-14-19-21(28-29(4)23(19)15-20(22)26)12-10-16-9-11-17-7-5-6-8-18(17)13-16;1-13(22(25)29)26-23(30)17-11-18-20(27-28-21(18)12-19(17)24)9-7-14-6-8-15-4-2-3-5-16(15)10-14;24-19-13-21-18(12-22(19)25-23(28)16-8-9-16)20(26-27-21)10-6-14-5-7-15-3-1-2-4-17(15)11-14;1-24-20-12-18(22)16(21(25)26)11-17(20)19(23-24)9-7-13-6-8-14-4-2-3-5-15(14)10-13;20-16-11-19-15(10-17(16)21)18(22-23-19)8-6-12-5-7-13-3-1-2-4-14(13)9-12/h5-15H,1-4H3,(H,27,30);2-13H,1H3,(H2,25,29)(H,26,30)(H,27,28);1-7,10-13,16H,8-9H2,(H,25,28)(H,26,27);2-12H,1H3,(H,25,26);1-11H,21H2,(H,22,23)/b12-10+;9-7+;10-6+;9-7+;8-6+/t;13-;;;/m.0.../s1. The fourth-order valence-corrected chi connectivity index (χ4v) is 15.7. The van der Waals surface area contributed by atoms with Gasteiger partial charge in [0.25, 0.3) is 5.91 Å². The molecular weight excluding hydrogens is 1750 g/mol. The summed E-state index contributed by atoms with van der Waals surface area (Å²) in [5, 5.41) is 61.9. The number of H-pyrrole nitrogens is 3. The normalized spacial score (nSPS) is 12.4. The third kappa shape index (κ3) is 21.6. The molecule has 27 heteroatoms. The molecule has 5 heterocycles. The van der Waals surface area contributed by atoms with Gasteiger partial charge < -0.3 is 31.9 Å². The van der Waals surface area contributed by atoms with E-state index in [1.165, 1.54) is 76.3 Å². The Morgan fingerprint density at radius 2 is 0.732 bits per heavy atom. The van der Waals surface area contributed by atoms with E-state index in [1.54, 1.807) is 68.5 Å². The number of carboxylic acid groups (broad SMARTS) is 1. The van der Waals surface area contributed by atoms with Crippen LogP contribution in [-0.4, -0.2) is 96.7 Å². The molecule has 138 heavy (non-hydrogen) atoms. The molecule has 1 atom stereocenters. The van der Waals surface area contributed by atoms with Crippen LogP contribution in [0, 0.1) is 35.0 Å². The number of hydrogen-bond acceptors (Lipinski definition) is 12. The number of nitrogens with zero attached hydrogens (tertiary/aromatic N) is 7. The summed E-state index contributed by atoms with van der Waals surface area (Å²) in [6.07, 6.45) is 20.1. The summed E-state index contributed by atoms with van der Waals surface area (Å²) < 4.78 is 79.0. The number of carbonyl (C=O) groups is 5. The Morgan fingerprint density at radius 1 is 0.406 bits per heavy atom. The number of fused-ring (bicyclic) bond motifs is 10. The summed E-state index contributed by atoms with van der Waals surface area (Å²) in [5.74, 6) is -5.74. The number of aryl methyl sites for hydroxylation is 2. The minimum Gasteiger partial charge on any atom is -0.478 e. The number of hydrogen-bond donors (Lipinski definition) is 9. The summed E-state index contributed by atoms with van der Waals surface area (Å²) in [6.45, 7) is 6.70. The van der Waals surface area contributed by atoms with Gasteiger partial charge in [0.2, 0.25) is 11.8 Å². The molecule has 11 N–H and O–H groups in total. The van der Waals surface area contributed by atoms with E-state index in [0.29, 0.717) is 61.1 Å². The number of carbonyl (C=O) groups excluding carboxylic acids is 4. The third-order valence-electron chi connectivity index (χ3n) is 23.1. The largest absolute Gasteiger partial charge is 0.478 e. The molecule has 21 rings (SSSR count). The summed E-state index contributed by atoms with van der Waals surface area (Å²) in [4.78, 5) is 58.8. The summed E-state index contributed by atoms with van der Waals surface area (Å²) >= 11 is 0. The van der Waals surface area contributed by atoms with Crippen LogP contribution in [0.5, 0.6) is 0 Å². The van der Waals surface area contributed by atoms with Gasteiger partial charge in [-0.25, -0.2) is 31.5 Å². The molecule has 22 nitrogen and oxygen atoms in total. The van der Waals surface area contributed by atoms with Gasteiger partial charge in [0.15, 0.2) is 0 Å². The van der Waals surface area contributed by atoms with Gasteiger partial charge in [0.05, 0.1) is 84.2 Å². The first kappa shape index (κ1) is 92.1. The SMILES string of the molecule is C[C@H](NC(=O)c1cc2c(/C=C/c3ccc4ccccc4c3)n[nH]c2cc1F)C(N)=O.Cn1nc(/C=C/c2ccc3ccccc3c2)c2cc(C(=O)O)c(F)cc21.Cn1nc(/C=C/c2ccc3ccccc3c2)c2cc(NC(=O)OC(C)(C)C)c(F)cc21.Nc1cc2c(/C=C/c3ccc4ccccc4c3)n[nH]c2cc1F.O=C(Nc1cc2c(/C=C/c3ccc4ccccc4c3)n[nH]c2cc1F)C1CC1. The molecule has 0 bridgehead atoms. The lowest BCUT2D eigenvalue weighted by atomic mass is 10.1. The van der Waals surface area contributed by atoms with Crippen molar-refractivity contribution in [3.05, 3.63) is 369 Å². The second kappa shape index (κ2) is 40.0. The maximum atomic E-state index is 14.6. The summed E-state index contributed by atoms with van der Waals surface area (Å²) in [7, 11) is 3.46. The highest BCUT2D eigenvalue weighted by Gasteiger charge is 2.31. The molecule has 686 valence electrons. The number of nitrogen functional groups attached to an aromatic ring is 1.